The standard InChI is InChI=1S/C19H17N5O/c1-13-10-18(21-11-15-4-2-3-9-20-15)24-19(23-13)17(12-22-24)14-5-7-16(25)8-6-14/h2-10,12,21,25H,11H2,1H3. The molecule has 4 rings (SSSR count). The van der Waals surface area contributed by atoms with E-state index in [4.69, 9.17) is 0 Å². The molecule has 0 spiro atoms. The number of aromatic hydroxyl groups is 1. The van der Waals surface area contributed by atoms with Crippen molar-refractivity contribution in [2.45, 2.75) is 13.5 Å². The number of phenols is 1. The van der Waals surface area contributed by atoms with Crippen LogP contribution in [-0.4, -0.2) is 24.7 Å². The minimum Gasteiger partial charge on any atom is -0.508 e. The van der Waals surface area contributed by atoms with Gasteiger partial charge in [0.25, 0.3) is 0 Å². The summed E-state index contributed by atoms with van der Waals surface area (Å²) >= 11 is 0. The Hall–Kier alpha value is -3.41. The van der Waals surface area contributed by atoms with E-state index in [1.54, 1.807) is 29.0 Å². The van der Waals surface area contributed by atoms with Crippen LogP contribution in [0.5, 0.6) is 5.75 Å². The largest absolute Gasteiger partial charge is 0.508 e. The number of fused-ring (bicyclic) bond motifs is 1. The quantitative estimate of drug-likeness (QED) is 0.599. The van der Waals surface area contributed by atoms with Gasteiger partial charge >= 0.3 is 0 Å². The number of phenolic OH excluding ortho intramolecular Hbond substituents is 1. The Morgan fingerprint density at radius 3 is 2.72 bits per heavy atom. The molecule has 2 N–H and O–H groups in total. The summed E-state index contributed by atoms with van der Waals surface area (Å²) in [6.45, 7) is 2.56. The zero-order chi connectivity index (χ0) is 17.2. The van der Waals surface area contributed by atoms with Crippen molar-refractivity contribution in [1.29, 1.82) is 0 Å². The van der Waals surface area contributed by atoms with E-state index < -0.39 is 0 Å². The maximum atomic E-state index is 9.48. The van der Waals surface area contributed by atoms with Crippen LogP contribution in [0, 0.1) is 6.92 Å². The van der Waals surface area contributed by atoms with E-state index in [-0.39, 0.29) is 5.75 Å². The first-order chi connectivity index (χ1) is 12.2. The number of aromatic nitrogens is 4. The summed E-state index contributed by atoms with van der Waals surface area (Å²) in [4.78, 5) is 8.96. The monoisotopic (exact) mass is 331 g/mol. The maximum absolute atomic E-state index is 9.48. The second-order valence-corrected chi connectivity index (χ2v) is 5.80. The van der Waals surface area contributed by atoms with Crippen LogP contribution in [0.15, 0.2) is 60.9 Å². The molecule has 0 aliphatic heterocycles. The highest BCUT2D eigenvalue weighted by atomic mass is 16.3. The van der Waals surface area contributed by atoms with Crippen molar-refractivity contribution in [3.8, 4) is 16.9 Å². The molecule has 0 fully saturated rings. The molecule has 1 aromatic carbocycles. The van der Waals surface area contributed by atoms with Crippen molar-refractivity contribution in [3.05, 3.63) is 72.3 Å². The lowest BCUT2D eigenvalue weighted by Crippen LogP contribution is -2.07. The highest BCUT2D eigenvalue weighted by Gasteiger charge is 2.12. The Balaban J connectivity index is 1.72. The van der Waals surface area contributed by atoms with E-state index in [1.807, 2.05) is 43.3 Å². The van der Waals surface area contributed by atoms with Crippen molar-refractivity contribution in [2.75, 3.05) is 5.32 Å². The Kier molecular flexibility index (Phi) is 3.78. The van der Waals surface area contributed by atoms with Crippen LogP contribution in [0.2, 0.25) is 0 Å². The predicted molar refractivity (Wildman–Crippen MR) is 96.4 cm³/mol. The van der Waals surface area contributed by atoms with Crippen LogP contribution < -0.4 is 5.32 Å². The Morgan fingerprint density at radius 2 is 1.96 bits per heavy atom. The minimum absolute atomic E-state index is 0.238. The second kappa shape index (κ2) is 6.24. The number of hydrogen-bond donors (Lipinski definition) is 2. The van der Waals surface area contributed by atoms with Gasteiger partial charge < -0.3 is 10.4 Å². The van der Waals surface area contributed by atoms with Crippen LogP contribution in [-0.2, 0) is 6.54 Å². The first-order valence-corrected chi connectivity index (χ1v) is 7.99. The molecular weight excluding hydrogens is 314 g/mol. The number of rotatable bonds is 4. The van der Waals surface area contributed by atoms with Crippen molar-refractivity contribution >= 4 is 11.5 Å². The summed E-state index contributed by atoms with van der Waals surface area (Å²) in [5, 5.41) is 17.3. The summed E-state index contributed by atoms with van der Waals surface area (Å²) < 4.78 is 1.79. The third-order valence-corrected chi connectivity index (χ3v) is 3.95. The molecule has 6 nitrogen and oxygen atoms in total. The highest BCUT2D eigenvalue weighted by molar-refractivity contribution is 5.78. The Labute approximate surface area is 144 Å². The lowest BCUT2D eigenvalue weighted by molar-refractivity contribution is 0.475. The van der Waals surface area contributed by atoms with Crippen molar-refractivity contribution in [2.24, 2.45) is 0 Å². The summed E-state index contributed by atoms with van der Waals surface area (Å²) in [5.74, 6) is 1.10. The zero-order valence-corrected chi connectivity index (χ0v) is 13.7. The summed E-state index contributed by atoms with van der Waals surface area (Å²) in [6, 6.07) is 14.8. The van der Waals surface area contributed by atoms with Gasteiger partial charge in [-0.2, -0.15) is 9.61 Å². The third kappa shape index (κ3) is 3.01. The molecular formula is C19H17N5O. The van der Waals surface area contributed by atoms with E-state index in [1.165, 1.54) is 0 Å². The molecule has 0 saturated heterocycles. The lowest BCUT2D eigenvalue weighted by atomic mass is 10.1. The van der Waals surface area contributed by atoms with Gasteiger partial charge in [-0.05, 0) is 36.8 Å². The molecule has 4 aromatic rings. The molecule has 0 atom stereocenters. The lowest BCUT2D eigenvalue weighted by Gasteiger charge is -2.09. The molecule has 25 heavy (non-hydrogen) atoms. The van der Waals surface area contributed by atoms with Crippen LogP contribution in [0.3, 0.4) is 0 Å². The van der Waals surface area contributed by atoms with Crippen LogP contribution in [0.4, 0.5) is 5.82 Å². The Bertz CT molecular complexity index is 1010. The topological polar surface area (TPSA) is 75.3 Å². The SMILES string of the molecule is Cc1cc(NCc2ccccn2)n2ncc(-c3ccc(O)cc3)c2n1. The van der Waals surface area contributed by atoms with Crippen molar-refractivity contribution < 1.29 is 5.11 Å². The maximum Gasteiger partial charge on any atom is 0.165 e. The molecule has 0 unspecified atom stereocenters. The van der Waals surface area contributed by atoms with Gasteiger partial charge in [0, 0.05) is 23.5 Å². The number of nitrogens with one attached hydrogen (secondary N) is 1. The molecule has 3 aromatic heterocycles. The van der Waals surface area contributed by atoms with Crippen molar-refractivity contribution in [1.82, 2.24) is 19.6 Å². The fraction of sp³-hybridized carbons (Fsp3) is 0.105. The van der Waals surface area contributed by atoms with E-state index >= 15 is 0 Å². The summed E-state index contributed by atoms with van der Waals surface area (Å²) in [6.07, 6.45) is 3.57. The van der Waals surface area contributed by atoms with E-state index in [2.05, 4.69) is 20.4 Å². The van der Waals surface area contributed by atoms with E-state index in [9.17, 15) is 5.11 Å². The van der Waals surface area contributed by atoms with E-state index in [0.717, 1.165) is 34.0 Å². The molecule has 0 saturated carbocycles. The van der Waals surface area contributed by atoms with Gasteiger partial charge in [-0.3, -0.25) is 4.98 Å². The van der Waals surface area contributed by atoms with Gasteiger partial charge in [0.1, 0.15) is 11.6 Å². The molecule has 0 aliphatic rings. The molecule has 0 amide bonds. The fourth-order valence-corrected chi connectivity index (χ4v) is 2.74. The number of benzene rings is 1. The molecule has 124 valence electrons. The molecule has 6 heteroatoms. The second-order valence-electron chi connectivity index (χ2n) is 5.80. The molecule has 0 aliphatic carbocycles. The van der Waals surface area contributed by atoms with Gasteiger partial charge in [-0.15, -0.1) is 0 Å². The smallest absolute Gasteiger partial charge is 0.165 e. The minimum atomic E-state index is 0.238. The molecule has 0 radical (unpaired) electrons. The zero-order valence-electron chi connectivity index (χ0n) is 13.7. The van der Waals surface area contributed by atoms with Crippen LogP contribution in [0.1, 0.15) is 11.4 Å². The highest BCUT2D eigenvalue weighted by Crippen LogP contribution is 2.27. The summed E-state index contributed by atoms with van der Waals surface area (Å²) in [7, 11) is 0. The van der Waals surface area contributed by atoms with Gasteiger partial charge in [0.2, 0.25) is 0 Å². The van der Waals surface area contributed by atoms with E-state index in [0.29, 0.717) is 6.54 Å². The number of pyridine rings is 1. The van der Waals surface area contributed by atoms with Gasteiger partial charge in [-0.25, -0.2) is 4.98 Å². The summed E-state index contributed by atoms with van der Waals surface area (Å²) in [5.41, 5.74) is 4.51. The number of hydrogen-bond acceptors (Lipinski definition) is 5. The first-order valence-electron chi connectivity index (χ1n) is 7.99. The van der Waals surface area contributed by atoms with Crippen molar-refractivity contribution in [3.63, 3.8) is 0 Å². The predicted octanol–water partition coefficient (Wildman–Crippen LogP) is 3.42. The average Bonchev–Trinajstić information content (AvgIpc) is 3.05. The van der Waals surface area contributed by atoms with Crippen LogP contribution in [0.25, 0.3) is 16.8 Å². The number of aryl methyl sites for hydroxylation is 1. The molecule has 3 heterocycles. The average molecular weight is 331 g/mol. The number of nitrogens with zero attached hydrogens (tertiary/aromatic N) is 4. The number of anilines is 1. The van der Waals surface area contributed by atoms with Gasteiger partial charge in [0.15, 0.2) is 5.65 Å². The first kappa shape index (κ1) is 15.1. The third-order valence-electron chi connectivity index (χ3n) is 3.95. The Morgan fingerprint density at radius 1 is 1.12 bits per heavy atom. The fourth-order valence-electron chi connectivity index (χ4n) is 2.74. The van der Waals surface area contributed by atoms with Gasteiger partial charge in [-0.1, -0.05) is 18.2 Å². The molecule has 0 bridgehead atoms. The van der Waals surface area contributed by atoms with Gasteiger partial charge in [0.05, 0.1) is 18.4 Å². The normalized spacial score (nSPS) is 10.9. The van der Waals surface area contributed by atoms with Crippen LogP contribution >= 0.6 is 0 Å².